The quantitative estimate of drug-likeness (QED) is 0.387. The zero-order chi connectivity index (χ0) is 22.2. The largest absolute Gasteiger partial charge is 0.494 e. The second-order valence-electron chi connectivity index (χ2n) is 7.27. The number of rotatable bonds is 9. The van der Waals surface area contributed by atoms with Gasteiger partial charge in [0.15, 0.2) is 17.6 Å². The summed E-state index contributed by atoms with van der Waals surface area (Å²) in [7, 11) is 0. The number of amides is 1. The van der Waals surface area contributed by atoms with E-state index in [0.29, 0.717) is 29.6 Å². The maximum absolute atomic E-state index is 12.5. The minimum atomic E-state index is -0.516. The summed E-state index contributed by atoms with van der Waals surface area (Å²) in [5.41, 5.74) is 1.40. The molecule has 4 rings (SSSR count). The van der Waals surface area contributed by atoms with E-state index in [9.17, 15) is 4.79 Å². The van der Waals surface area contributed by atoms with Crippen molar-refractivity contribution in [3.05, 3.63) is 59.9 Å². The fourth-order valence-corrected chi connectivity index (χ4v) is 3.19. The van der Waals surface area contributed by atoms with E-state index >= 15 is 0 Å². The van der Waals surface area contributed by atoms with Crippen molar-refractivity contribution in [2.75, 3.05) is 18.5 Å². The number of unbranched alkanes of at least 4 members (excludes halogenated alkanes) is 2. The fraction of sp³-hybridized carbons (Fsp3) is 0.304. The predicted molar refractivity (Wildman–Crippen MR) is 119 cm³/mol. The smallest absolute Gasteiger partial charge is 0.248 e. The average Bonchev–Trinajstić information content (AvgIpc) is 3.36. The third-order valence-corrected chi connectivity index (χ3v) is 4.86. The number of fused-ring (bicyclic) bond motifs is 1. The van der Waals surface area contributed by atoms with Crippen molar-refractivity contribution < 1.29 is 19.0 Å². The number of hydrogen-bond donors (Lipinski definition) is 2. The minimum Gasteiger partial charge on any atom is -0.494 e. The van der Waals surface area contributed by atoms with E-state index in [0.717, 1.165) is 24.2 Å². The topological polar surface area (TPSA) is 111 Å². The van der Waals surface area contributed by atoms with Gasteiger partial charge >= 0.3 is 0 Å². The van der Waals surface area contributed by atoms with Crippen LogP contribution in [0.5, 0.6) is 17.2 Å². The summed E-state index contributed by atoms with van der Waals surface area (Å²) in [4.78, 5) is 12.5. The summed E-state index contributed by atoms with van der Waals surface area (Å²) >= 11 is 0. The monoisotopic (exact) mass is 435 g/mol. The van der Waals surface area contributed by atoms with Crippen LogP contribution in [0, 0.1) is 0 Å². The number of ether oxygens (including phenoxy) is 3. The van der Waals surface area contributed by atoms with Crippen LogP contribution in [-0.2, 0) is 4.79 Å². The number of para-hydroxylation sites is 1. The molecule has 2 heterocycles. The zero-order valence-electron chi connectivity index (χ0n) is 17.8. The van der Waals surface area contributed by atoms with Crippen molar-refractivity contribution >= 4 is 17.7 Å². The summed E-state index contributed by atoms with van der Waals surface area (Å²) in [6, 6.07) is 12.9. The summed E-state index contributed by atoms with van der Waals surface area (Å²) in [6.07, 6.45) is 6.07. The number of tetrazole rings is 1. The summed E-state index contributed by atoms with van der Waals surface area (Å²) in [6.45, 7) is 3.13. The van der Waals surface area contributed by atoms with E-state index in [1.807, 2.05) is 24.3 Å². The van der Waals surface area contributed by atoms with Gasteiger partial charge in [0.2, 0.25) is 11.7 Å². The first-order valence-electron chi connectivity index (χ1n) is 10.6. The molecule has 1 aromatic heterocycles. The van der Waals surface area contributed by atoms with E-state index < -0.39 is 6.10 Å². The lowest BCUT2D eigenvalue weighted by Gasteiger charge is -2.26. The van der Waals surface area contributed by atoms with Crippen molar-refractivity contribution in [3.8, 4) is 17.2 Å². The van der Waals surface area contributed by atoms with Crippen LogP contribution < -0.4 is 19.5 Å². The van der Waals surface area contributed by atoms with Crippen molar-refractivity contribution in [2.24, 2.45) is 0 Å². The molecule has 9 heteroatoms. The maximum Gasteiger partial charge on any atom is 0.248 e. The Kier molecular flexibility index (Phi) is 6.96. The lowest BCUT2D eigenvalue weighted by molar-refractivity contribution is -0.111. The number of carbonyl (C=O) groups excluding carboxylic acids is 1. The van der Waals surface area contributed by atoms with E-state index in [1.54, 1.807) is 24.3 Å². The molecular weight excluding hydrogens is 410 g/mol. The van der Waals surface area contributed by atoms with E-state index in [4.69, 9.17) is 14.2 Å². The van der Waals surface area contributed by atoms with Crippen LogP contribution in [-0.4, -0.2) is 39.7 Å². The molecule has 0 saturated carbocycles. The van der Waals surface area contributed by atoms with Crippen molar-refractivity contribution in [1.29, 1.82) is 0 Å². The number of nitrogens with one attached hydrogen (secondary N) is 2. The molecule has 166 valence electrons. The molecule has 1 unspecified atom stereocenters. The number of aromatic amines is 1. The van der Waals surface area contributed by atoms with Gasteiger partial charge in [-0.05, 0) is 42.3 Å². The number of carbonyl (C=O) groups is 1. The van der Waals surface area contributed by atoms with Crippen LogP contribution in [0.25, 0.3) is 6.08 Å². The van der Waals surface area contributed by atoms with Crippen molar-refractivity contribution in [3.63, 3.8) is 0 Å². The number of hydrogen-bond acceptors (Lipinski definition) is 7. The zero-order valence-corrected chi connectivity index (χ0v) is 17.8. The molecular formula is C23H25N5O4. The molecule has 1 amide bonds. The molecule has 32 heavy (non-hydrogen) atoms. The highest BCUT2D eigenvalue weighted by molar-refractivity contribution is 6.03. The summed E-state index contributed by atoms with van der Waals surface area (Å²) in [5, 5.41) is 16.7. The SMILES string of the molecule is CCCCCOc1ccc(C=CC(=O)Nc2cccc3c2OC(c2nn[nH]n2)CO3)cc1. The fourth-order valence-electron chi connectivity index (χ4n) is 3.19. The Morgan fingerprint density at radius 1 is 1.25 bits per heavy atom. The molecule has 1 aliphatic heterocycles. The number of anilines is 1. The number of aromatic nitrogens is 4. The Balaban J connectivity index is 1.36. The third kappa shape index (κ3) is 5.42. The van der Waals surface area contributed by atoms with Crippen LogP contribution in [0.1, 0.15) is 43.7 Å². The molecule has 1 aliphatic rings. The van der Waals surface area contributed by atoms with E-state index in [-0.39, 0.29) is 12.5 Å². The van der Waals surface area contributed by atoms with Gasteiger partial charge in [-0.1, -0.05) is 43.2 Å². The van der Waals surface area contributed by atoms with Gasteiger partial charge in [-0.15, -0.1) is 10.2 Å². The highest BCUT2D eigenvalue weighted by Gasteiger charge is 2.28. The summed E-state index contributed by atoms with van der Waals surface area (Å²) < 4.78 is 17.4. The van der Waals surface area contributed by atoms with Crippen molar-refractivity contribution in [1.82, 2.24) is 20.6 Å². The molecule has 1 atom stereocenters. The Morgan fingerprint density at radius 2 is 2.12 bits per heavy atom. The maximum atomic E-state index is 12.5. The molecule has 0 bridgehead atoms. The number of H-pyrrole nitrogens is 1. The van der Waals surface area contributed by atoms with E-state index in [2.05, 4.69) is 32.9 Å². The van der Waals surface area contributed by atoms with Crippen LogP contribution in [0.15, 0.2) is 48.5 Å². The molecule has 0 saturated heterocycles. The minimum absolute atomic E-state index is 0.252. The second-order valence-corrected chi connectivity index (χ2v) is 7.27. The Morgan fingerprint density at radius 3 is 2.91 bits per heavy atom. The van der Waals surface area contributed by atoms with Gasteiger partial charge in [-0.25, -0.2) is 0 Å². The Hall–Kier alpha value is -3.88. The lowest BCUT2D eigenvalue weighted by atomic mass is 10.2. The van der Waals surface area contributed by atoms with Crippen LogP contribution in [0.2, 0.25) is 0 Å². The molecule has 0 fully saturated rings. The average molecular weight is 435 g/mol. The van der Waals surface area contributed by atoms with Gasteiger partial charge < -0.3 is 19.5 Å². The highest BCUT2D eigenvalue weighted by Crippen LogP contribution is 2.41. The van der Waals surface area contributed by atoms with Gasteiger partial charge in [0, 0.05) is 6.08 Å². The predicted octanol–water partition coefficient (Wildman–Crippen LogP) is 3.93. The first-order valence-corrected chi connectivity index (χ1v) is 10.6. The standard InChI is InChI=1S/C23H25N5O4/c1-2-3-4-14-30-17-11-8-16(9-12-17)10-13-21(29)24-18-6-5-7-19-22(18)32-20(15-31-19)23-25-27-28-26-23/h5-13,20H,2-4,14-15H2,1H3,(H,24,29)(H,25,26,27,28). The Labute approximate surface area is 185 Å². The summed E-state index contributed by atoms with van der Waals surface area (Å²) in [5.74, 6) is 1.89. The normalized spacial score (nSPS) is 15.0. The van der Waals surface area contributed by atoms with Crippen LogP contribution in [0.3, 0.4) is 0 Å². The van der Waals surface area contributed by atoms with Crippen LogP contribution >= 0.6 is 0 Å². The first kappa shape index (κ1) is 21.4. The number of benzene rings is 2. The first-order chi connectivity index (χ1) is 15.7. The van der Waals surface area contributed by atoms with Gasteiger partial charge in [0.05, 0.1) is 12.3 Å². The van der Waals surface area contributed by atoms with E-state index in [1.165, 1.54) is 12.5 Å². The van der Waals surface area contributed by atoms with Gasteiger partial charge in [0.25, 0.3) is 0 Å². The Bertz CT molecular complexity index is 1050. The highest BCUT2D eigenvalue weighted by atomic mass is 16.6. The molecule has 0 aliphatic carbocycles. The van der Waals surface area contributed by atoms with Crippen LogP contribution in [0.4, 0.5) is 5.69 Å². The van der Waals surface area contributed by atoms with Crippen molar-refractivity contribution in [2.45, 2.75) is 32.3 Å². The molecule has 0 radical (unpaired) electrons. The molecule has 2 aromatic carbocycles. The molecule has 0 spiro atoms. The van der Waals surface area contributed by atoms with Gasteiger partial charge in [-0.2, -0.15) is 5.21 Å². The molecule has 2 N–H and O–H groups in total. The molecule has 3 aromatic rings. The molecule has 9 nitrogen and oxygen atoms in total. The lowest BCUT2D eigenvalue weighted by Crippen LogP contribution is -2.24. The number of nitrogens with zero attached hydrogens (tertiary/aromatic N) is 3. The van der Waals surface area contributed by atoms with Gasteiger partial charge in [-0.3, -0.25) is 4.79 Å². The third-order valence-electron chi connectivity index (χ3n) is 4.86. The second kappa shape index (κ2) is 10.4. The van der Waals surface area contributed by atoms with Gasteiger partial charge in [0.1, 0.15) is 12.4 Å².